The molecule has 0 fully saturated rings. The van der Waals surface area contributed by atoms with Crippen LogP contribution in [0, 0.1) is 0 Å². The number of nitrogens with zero attached hydrogens (tertiary/aromatic N) is 1. The number of amides is 2. The van der Waals surface area contributed by atoms with Gasteiger partial charge in [-0.3, -0.25) is 9.59 Å². The SMILES string of the molecule is CC(C)(C)OC(=O)CCC(NC(=O)CCCCCN(C(=O)OC(C)(C)C)S(=O)(=O)CCSCC(O)CO)C(=O)OC(C)(C)C. The number of ether oxygens (including phenoxy) is 3. The molecule has 2 amide bonds. The Morgan fingerprint density at radius 1 is 0.841 bits per heavy atom. The molecule has 0 bridgehead atoms. The van der Waals surface area contributed by atoms with E-state index in [1.165, 1.54) is 0 Å². The van der Waals surface area contributed by atoms with Crippen molar-refractivity contribution < 1.29 is 52.0 Å². The Morgan fingerprint density at radius 3 is 1.93 bits per heavy atom. The molecule has 0 saturated heterocycles. The van der Waals surface area contributed by atoms with Crippen molar-refractivity contribution in [1.29, 1.82) is 0 Å². The van der Waals surface area contributed by atoms with Gasteiger partial charge in [-0.1, -0.05) is 6.42 Å². The summed E-state index contributed by atoms with van der Waals surface area (Å²) in [4.78, 5) is 50.3. The van der Waals surface area contributed by atoms with Crippen molar-refractivity contribution >= 4 is 45.7 Å². The fraction of sp³-hybridized carbons (Fsp3) is 0.862. The van der Waals surface area contributed by atoms with Crippen molar-refractivity contribution in [2.75, 3.05) is 30.4 Å². The Morgan fingerprint density at radius 2 is 1.41 bits per heavy atom. The van der Waals surface area contributed by atoms with E-state index in [0.29, 0.717) is 17.1 Å². The van der Waals surface area contributed by atoms with E-state index >= 15 is 0 Å². The zero-order chi connectivity index (χ0) is 34.4. The smallest absolute Gasteiger partial charge is 0.424 e. The molecule has 0 rings (SSSR count). The number of rotatable bonds is 18. The van der Waals surface area contributed by atoms with E-state index in [4.69, 9.17) is 19.3 Å². The van der Waals surface area contributed by atoms with Crippen LogP contribution in [0.3, 0.4) is 0 Å². The molecule has 0 radical (unpaired) electrons. The molecular weight excluding hydrogens is 616 g/mol. The molecule has 0 spiro atoms. The first-order chi connectivity index (χ1) is 20.0. The first-order valence-corrected chi connectivity index (χ1v) is 17.6. The predicted octanol–water partition coefficient (Wildman–Crippen LogP) is 3.15. The monoisotopic (exact) mass is 670 g/mol. The van der Waals surface area contributed by atoms with Crippen LogP contribution >= 0.6 is 11.8 Å². The highest BCUT2D eigenvalue weighted by molar-refractivity contribution is 8.00. The highest BCUT2D eigenvalue weighted by Crippen LogP contribution is 2.17. The minimum Gasteiger partial charge on any atom is -0.460 e. The first-order valence-electron chi connectivity index (χ1n) is 14.8. The van der Waals surface area contributed by atoms with E-state index in [-0.39, 0.29) is 49.5 Å². The molecule has 0 heterocycles. The van der Waals surface area contributed by atoms with Gasteiger partial charge >= 0.3 is 18.0 Å². The van der Waals surface area contributed by atoms with Crippen molar-refractivity contribution in [2.24, 2.45) is 0 Å². The molecule has 2 unspecified atom stereocenters. The van der Waals surface area contributed by atoms with E-state index in [9.17, 15) is 32.7 Å². The lowest BCUT2D eigenvalue weighted by atomic mass is 10.1. The van der Waals surface area contributed by atoms with Gasteiger partial charge in [-0.15, -0.1) is 0 Å². The summed E-state index contributed by atoms with van der Waals surface area (Å²) in [7, 11) is -4.04. The van der Waals surface area contributed by atoms with Gasteiger partial charge in [0.2, 0.25) is 15.9 Å². The van der Waals surface area contributed by atoms with Crippen LogP contribution in [-0.2, 0) is 38.6 Å². The summed E-state index contributed by atoms with van der Waals surface area (Å²) in [6.07, 6.45) is -1.05. The second-order valence-electron chi connectivity index (χ2n) is 13.4. The summed E-state index contributed by atoms with van der Waals surface area (Å²) in [6, 6.07) is -1.06. The lowest BCUT2D eigenvalue weighted by Crippen LogP contribution is -2.44. The summed E-state index contributed by atoms with van der Waals surface area (Å²) >= 11 is 1.14. The first kappa shape index (κ1) is 41.9. The van der Waals surface area contributed by atoms with E-state index in [0.717, 1.165) is 11.8 Å². The van der Waals surface area contributed by atoms with Gasteiger partial charge in [0.15, 0.2) is 0 Å². The zero-order valence-electron chi connectivity index (χ0n) is 27.8. The van der Waals surface area contributed by atoms with Gasteiger partial charge in [0.25, 0.3) is 0 Å². The van der Waals surface area contributed by atoms with Crippen LogP contribution in [0.15, 0.2) is 0 Å². The van der Waals surface area contributed by atoms with Gasteiger partial charge in [-0.2, -0.15) is 11.8 Å². The lowest BCUT2D eigenvalue weighted by Gasteiger charge is -2.27. The summed E-state index contributed by atoms with van der Waals surface area (Å²) in [5.74, 6) is -1.74. The number of thioether (sulfide) groups is 1. The van der Waals surface area contributed by atoms with E-state index in [2.05, 4.69) is 5.32 Å². The Balaban J connectivity index is 5.15. The van der Waals surface area contributed by atoms with Gasteiger partial charge in [-0.05, 0) is 81.6 Å². The highest BCUT2D eigenvalue weighted by atomic mass is 32.2. The number of aliphatic hydroxyl groups is 2. The standard InChI is InChI=1S/C29H54N2O11S2/c1-27(2,3)40-24(35)15-14-22(25(36)41-28(4,5)6)30-23(34)13-11-10-12-16-31(26(37)42-29(7,8)9)44(38,39)18-17-43-20-21(33)19-32/h21-22,32-33H,10-20H2,1-9H3,(H,30,34). The Kier molecular flexibility index (Phi) is 17.9. The van der Waals surface area contributed by atoms with Crippen LogP contribution in [0.5, 0.6) is 0 Å². The third-order valence-electron chi connectivity index (χ3n) is 5.29. The highest BCUT2D eigenvalue weighted by Gasteiger charge is 2.32. The number of hydrogen-bond donors (Lipinski definition) is 3. The van der Waals surface area contributed by atoms with Crippen LogP contribution in [0.25, 0.3) is 0 Å². The molecule has 15 heteroatoms. The Bertz CT molecular complexity index is 1030. The molecule has 0 aromatic carbocycles. The van der Waals surface area contributed by atoms with Gasteiger partial charge in [0, 0.05) is 30.9 Å². The molecule has 258 valence electrons. The fourth-order valence-electron chi connectivity index (χ4n) is 3.46. The second kappa shape index (κ2) is 18.8. The number of aliphatic hydroxyl groups excluding tert-OH is 2. The average Bonchev–Trinajstić information content (AvgIpc) is 2.82. The van der Waals surface area contributed by atoms with Gasteiger partial charge in [0.05, 0.1) is 18.5 Å². The maximum atomic E-state index is 13.0. The van der Waals surface area contributed by atoms with E-state index in [1.807, 2.05) is 0 Å². The maximum absolute atomic E-state index is 13.0. The molecule has 0 aliphatic rings. The second-order valence-corrected chi connectivity index (χ2v) is 16.5. The third-order valence-corrected chi connectivity index (χ3v) is 8.38. The van der Waals surface area contributed by atoms with Crippen molar-refractivity contribution in [2.45, 2.75) is 130 Å². The number of unbranched alkanes of at least 4 members (excludes halogenated alkanes) is 2. The quantitative estimate of drug-likeness (QED) is 0.110. The number of nitrogens with one attached hydrogen (secondary N) is 1. The van der Waals surface area contributed by atoms with Crippen LogP contribution in [0.1, 0.15) is 101 Å². The fourth-order valence-corrected chi connectivity index (χ4v) is 6.21. The number of hydrogen-bond acceptors (Lipinski definition) is 12. The molecule has 0 saturated carbocycles. The Hall–Kier alpha value is -2.10. The predicted molar refractivity (Wildman–Crippen MR) is 168 cm³/mol. The minimum atomic E-state index is -4.04. The normalized spacial score (nSPS) is 13.9. The number of carbonyl (C=O) groups excluding carboxylic acids is 4. The molecule has 2 atom stereocenters. The van der Waals surface area contributed by atoms with Crippen molar-refractivity contribution in [3.05, 3.63) is 0 Å². The largest absolute Gasteiger partial charge is 0.460 e. The molecule has 13 nitrogen and oxygen atoms in total. The van der Waals surface area contributed by atoms with Crippen molar-refractivity contribution in [1.82, 2.24) is 9.62 Å². The van der Waals surface area contributed by atoms with E-state index in [1.54, 1.807) is 62.3 Å². The molecular formula is C29H54N2O11S2. The Labute approximate surface area is 267 Å². The van der Waals surface area contributed by atoms with Gasteiger partial charge < -0.3 is 29.7 Å². The molecule has 0 aromatic heterocycles. The van der Waals surface area contributed by atoms with Crippen molar-refractivity contribution in [3.63, 3.8) is 0 Å². The summed E-state index contributed by atoms with van der Waals surface area (Å²) in [6.45, 7) is 14.5. The van der Waals surface area contributed by atoms with Crippen LogP contribution in [-0.4, -0.2) is 106 Å². The number of sulfonamides is 1. The lowest BCUT2D eigenvalue weighted by molar-refractivity contribution is -0.160. The number of carbonyl (C=O) groups is 4. The molecule has 0 aliphatic carbocycles. The molecule has 0 aromatic rings. The topological polar surface area (TPSA) is 186 Å². The van der Waals surface area contributed by atoms with E-state index < -0.39 is 69.5 Å². The molecule has 0 aliphatic heterocycles. The summed E-state index contributed by atoms with van der Waals surface area (Å²) < 4.78 is 42.6. The van der Waals surface area contributed by atoms with Crippen LogP contribution < -0.4 is 5.32 Å². The zero-order valence-corrected chi connectivity index (χ0v) is 29.4. The summed E-state index contributed by atoms with van der Waals surface area (Å²) in [5.41, 5.74) is -2.41. The van der Waals surface area contributed by atoms with Gasteiger partial charge in [-0.25, -0.2) is 22.3 Å². The summed E-state index contributed by atoms with van der Waals surface area (Å²) in [5, 5.41) is 21.0. The average molecular weight is 671 g/mol. The maximum Gasteiger partial charge on any atom is 0.424 e. The third kappa shape index (κ3) is 20.8. The van der Waals surface area contributed by atoms with Crippen LogP contribution in [0.4, 0.5) is 4.79 Å². The minimum absolute atomic E-state index is 0.00444. The van der Waals surface area contributed by atoms with Gasteiger partial charge in [0.1, 0.15) is 22.8 Å². The van der Waals surface area contributed by atoms with Crippen molar-refractivity contribution in [3.8, 4) is 0 Å². The van der Waals surface area contributed by atoms with Crippen LogP contribution in [0.2, 0.25) is 0 Å². The number of esters is 2. The molecule has 3 N–H and O–H groups in total. The molecule has 44 heavy (non-hydrogen) atoms.